The highest BCUT2D eigenvalue weighted by Gasteiger charge is 2.38. The minimum absolute atomic E-state index is 0.00387. The van der Waals surface area contributed by atoms with Crippen LogP contribution in [-0.4, -0.2) is 45.5 Å². The molecule has 0 bridgehead atoms. The van der Waals surface area contributed by atoms with Crippen LogP contribution in [0, 0.1) is 5.92 Å². The molecule has 2 amide bonds. The zero-order chi connectivity index (χ0) is 24.5. The molecule has 2 aromatic carbocycles. The molecular weight excluding hydrogens is 448 g/mol. The summed E-state index contributed by atoms with van der Waals surface area (Å²) in [7, 11) is 1.53. The highest BCUT2D eigenvalue weighted by molar-refractivity contribution is 5.88. The van der Waals surface area contributed by atoms with Gasteiger partial charge in [-0.15, -0.1) is 0 Å². The van der Waals surface area contributed by atoms with Crippen LogP contribution in [0.5, 0.6) is 0 Å². The van der Waals surface area contributed by atoms with Gasteiger partial charge in [0.25, 0.3) is 0 Å². The second-order valence-corrected chi connectivity index (χ2v) is 8.95. The van der Waals surface area contributed by atoms with Gasteiger partial charge in [-0.3, -0.25) is 9.48 Å². The fourth-order valence-electron chi connectivity index (χ4n) is 4.77. The molecule has 1 saturated carbocycles. The average molecular weight is 475 g/mol. The summed E-state index contributed by atoms with van der Waals surface area (Å²) in [5.74, 6) is -1.53. The number of hydrogen-bond donors (Lipinski definition) is 3. The van der Waals surface area contributed by atoms with Crippen molar-refractivity contribution in [3.05, 3.63) is 77.1 Å². The summed E-state index contributed by atoms with van der Waals surface area (Å²) < 4.78 is 6.84. The fraction of sp³-hybridized carbons (Fsp3) is 0.308. The first-order valence-corrected chi connectivity index (χ1v) is 11.6. The molecule has 35 heavy (non-hydrogen) atoms. The van der Waals surface area contributed by atoms with E-state index in [1.807, 2.05) is 36.4 Å². The van der Waals surface area contributed by atoms with Crippen LogP contribution in [0.1, 0.15) is 45.9 Å². The first-order chi connectivity index (χ1) is 16.9. The molecule has 1 unspecified atom stereocenters. The molecule has 2 aliphatic rings. The summed E-state index contributed by atoms with van der Waals surface area (Å²) in [5.41, 5.74) is 4.92. The van der Waals surface area contributed by atoms with E-state index in [2.05, 4.69) is 27.9 Å². The van der Waals surface area contributed by atoms with Gasteiger partial charge in [0.2, 0.25) is 5.91 Å². The van der Waals surface area contributed by atoms with Crippen molar-refractivity contribution < 1.29 is 24.2 Å². The predicted octanol–water partition coefficient (Wildman–Crippen LogP) is 3.05. The molecule has 9 nitrogen and oxygen atoms in total. The standard InChI is InChI=1S/C26H26N4O5/c1-30-23(25(32)33)16(13-28-30)12-27-24(31)22(15-10-11-15)29-26(34)35-14-21-19-8-4-2-6-17(19)18-7-3-5-9-20(18)21/h2-9,13,15,21-22H,10-12,14H2,1H3,(H,27,31)(H,29,34)(H,32,33). The first-order valence-electron chi connectivity index (χ1n) is 11.6. The number of aryl methyl sites for hydroxylation is 1. The van der Waals surface area contributed by atoms with E-state index in [9.17, 15) is 19.5 Å². The van der Waals surface area contributed by atoms with Crippen molar-refractivity contribution in [3.8, 4) is 11.1 Å². The number of amides is 2. The minimum atomic E-state index is -1.12. The van der Waals surface area contributed by atoms with Crippen molar-refractivity contribution in [1.82, 2.24) is 20.4 Å². The van der Waals surface area contributed by atoms with Crippen LogP contribution in [0.4, 0.5) is 4.79 Å². The molecule has 0 aliphatic heterocycles. The molecule has 0 spiro atoms. The Morgan fingerprint density at radius 3 is 2.31 bits per heavy atom. The van der Waals surface area contributed by atoms with Crippen molar-refractivity contribution in [2.75, 3.05) is 6.61 Å². The molecule has 0 saturated heterocycles. The van der Waals surface area contributed by atoms with Gasteiger partial charge in [0.15, 0.2) is 5.69 Å². The molecule has 3 N–H and O–H groups in total. The van der Waals surface area contributed by atoms with E-state index in [-0.39, 0.29) is 36.6 Å². The first kappa shape index (κ1) is 22.6. The van der Waals surface area contributed by atoms with Crippen LogP contribution in [0.15, 0.2) is 54.7 Å². The van der Waals surface area contributed by atoms with E-state index in [0.717, 1.165) is 35.1 Å². The second kappa shape index (κ2) is 9.25. The third-order valence-corrected chi connectivity index (χ3v) is 6.66. The lowest BCUT2D eigenvalue weighted by atomic mass is 9.98. The van der Waals surface area contributed by atoms with Gasteiger partial charge in [-0.25, -0.2) is 9.59 Å². The lowest BCUT2D eigenvalue weighted by Crippen LogP contribution is -2.48. The number of fused-ring (bicyclic) bond motifs is 3. The van der Waals surface area contributed by atoms with Crippen LogP contribution in [0.3, 0.4) is 0 Å². The molecular formula is C26H26N4O5. The van der Waals surface area contributed by atoms with Crippen LogP contribution < -0.4 is 10.6 Å². The topological polar surface area (TPSA) is 123 Å². The van der Waals surface area contributed by atoms with Gasteiger partial charge >= 0.3 is 12.1 Å². The van der Waals surface area contributed by atoms with E-state index >= 15 is 0 Å². The summed E-state index contributed by atoms with van der Waals surface area (Å²) in [6.07, 6.45) is 2.42. The number of carboxylic acids is 1. The Morgan fingerprint density at radius 1 is 1.09 bits per heavy atom. The number of nitrogens with one attached hydrogen (secondary N) is 2. The predicted molar refractivity (Wildman–Crippen MR) is 127 cm³/mol. The summed E-state index contributed by atoms with van der Waals surface area (Å²) in [4.78, 5) is 37.0. The number of aromatic nitrogens is 2. The molecule has 5 rings (SSSR count). The Morgan fingerprint density at radius 2 is 1.71 bits per heavy atom. The van der Waals surface area contributed by atoms with Crippen molar-refractivity contribution in [2.45, 2.75) is 31.3 Å². The third kappa shape index (κ3) is 4.49. The molecule has 1 fully saturated rings. The highest BCUT2D eigenvalue weighted by atomic mass is 16.5. The number of carbonyl (C=O) groups is 3. The number of rotatable bonds is 8. The molecule has 0 radical (unpaired) electrons. The lowest BCUT2D eigenvalue weighted by Gasteiger charge is -2.19. The van der Waals surface area contributed by atoms with Crippen molar-refractivity contribution in [3.63, 3.8) is 0 Å². The Kier molecular flexibility index (Phi) is 5.98. The van der Waals surface area contributed by atoms with Crippen LogP contribution in [0.25, 0.3) is 11.1 Å². The molecule has 1 atom stereocenters. The Labute approximate surface area is 202 Å². The summed E-state index contributed by atoms with van der Waals surface area (Å²) in [5, 5.41) is 18.7. The van der Waals surface area contributed by atoms with E-state index in [1.54, 1.807) is 0 Å². The number of carbonyl (C=O) groups excluding carboxylic acids is 2. The van der Waals surface area contributed by atoms with E-state index in [1.165, 1.54) is 17.9 Å². The summed E-state index contributed by atoms with van der Waals surface area (Å²) in [6, 6.07) is 15.4. The van der Waals surface area contributed by atoms with Gasteiger partial charge in [-0.1, -0.05) is 48.5 Å². The number of ether oxygens (including phenoxy) is 1. The fourth-order valence-corrected chi connectivity index (χ4v) is 4.77. The van der Waals surface area contributed by atoms with Crippen LogP contribution in [0.2, 0.25) is 0 Å². The van der Waals surface area contributed by atoms with Gasteiger partial charge in [0.1, 0.15) is 12.6 Å². The smallest absolute Gasteiger partial charge is 0.407 e. The number of hydrogen-bond acceptors (Lipinski definition) is 5. The summed E-state index contributed by atoms with van der Waals surface area (Å²) >= 11 is 0. The average Bonchev–Trinajstić information content (AvgIpc) is 3.55. The zero-order valence-electron chi connectivity index (χ0n) is 19.2. The molecule has 1 heterocycles. The maximum absolute atomic E-state index is 12.9. The third-order valence-electron chi connectivity index (χ3n) is 6.66. The monoisotopic (exact) mass is 474 g/mol. The SMILES string of the molecule is Cn1ncc(CNC(=O)C(NC(=O)OCC2c3ccccc3-c3ccccc32)C2CC2)c1C(=O)O. The molecule has 1 aromatic heterocycles. The molecule has 3 aromatic rings. The summed E-state index contributed by atoms with van der Waals surface area (Å²) in [6.45, 7) is 0.167. The number of nitrogens with zero attached hydrogens (tertiary/aromatic N) is 2. The largest absolute Gasteiger partial charge is 0.477 e. The van der Waals surface area contributed by atoms with E-state index < -0.39 is 18.1 Å². The number of aromatic carboxylic acids is 1. The van der Waals surface area contributed by atoms with Gasteiger partial charge in [-0.05, 0) is 41.0 Å². The lowest BCUT2D eigenvalue weighted by molar-refractivity contribution is -0.123. The number of alkyl carbamates (subject to hydrolysis) is 1. The van der Waals surface area contributed by atoms with Gasteiger partial charge in [-0.2, -0.15) is 5.10 Å². The maximum Gasteiger partial charge on any atom is 0.407 e. The Balaban J connectivity index is 1.21. The van der Waals surface area contributed by atoms with Gasteiger partial charge in [0, 0.05) is 25.1 Å². The Hall–Kier alpha value is -4.14. The number of carboxylic acid groups (broad SMARTS) is 1. The second-order valence-electron chi connectivity index (χ2n) is 8.95. The highest BCUT2D eigenvalue weighted by Crippen LogP contribution is 2.44. The quantitative estimate of drug-likeness (QED) is 0.461. The van der Waals surface area contributed by atoms with E-state index in [0.29, 0.717) is 5.56 Å². The number of benzene rings is 2. The van der Waals surface area contributed by atoms with Crippen molar-refractivity contribution >= 4 is 18.0 Å². The van der Waals surface area contributed by atoms with Crippen molar-refractivity contribution in [1.29, 1.82) is 0 Å². The van der Waals surface area contributed by atoms with Gasteiger partial charge < -0.3 is 20.5 Å². The molecule has 9 heteroatoms. The molecule has 180 valence electrons. The Bertz CT molecular complexity index is 1250. The van der Waals surface area contributed by atoms with Crippen LogP contribution >= 0.6 is 0 Å². The zero-order valence-corrected chi connectivity index (χ0v) is 19.2. The molecule has 2 aliphatic carbocycles. The maximum atomic E-state index is 12.9. The van der Waals surface area contributed by atoms with Crippen molar-refractivity contribution in [2.24, 2.45) is 13.0 Å². The minimum Gasteiger partial charge on any atom is -0.477 e. The normalized spacial score (nSPS) is 15.1. The van der Waals surface area contributed by atoms with Gasteiger partial charge in [0.05, 0.1) is 6.20 Å². The van der Waals surface area contributed by atoms with Crippen LogP contribution in [-0.2, 0) is 23.1 Å². The van der Waals surface area contributed by atoms with E-state index in [4.69, 9.17) is 4.74 Å².